The first kappa shape index (κ1) is 18.5. The maximum absolute atomic E-state index is 12.2. The Balaban J connectivity index is 1.38. The molecule has 28 heavy (non-hydrogen) atoms. The predicted octanol–water partition coefficient (Wildman–Crippen LogP) is 2.82. The van der Waals surface area contributed by atoms with Gasteiger partial charge in [0.15, 0.2) is 0 Å². The van der Waals surface area contributed by atoms with Crippen LogP contribution in [0.25, 0.3) is 0 Å². The lowest BCUT2D eigenvalue weighted by Crippen LogP contribution is -2.39. The zero-order chi connectivity index (χ0) is 19.7. The van der Waals surface area contributed by atoms with Crippen molar-refractivity contribution in [2.75, 3.05) is 31.6 Å². The van der Waals surface area contributed by atoms with Crippen LogP contribution in [0.4, 0.5) is 5.82 Å². The first-order valence-corrected chi connectivity index (χ1v) is 9.81. The Hall–Kier alpha value is -2.83. The van der Waals surface area contributed by atoms with Crippen molar-refractivity contribution >= 4 is 11.7 Å². The lowest BCUT2D eigenvalue weighted by molar-refractivity contribution is 0.0816. The summed E-state index contributed by atoms with van der Waals surface area (Å²) >= 11 is 0. The summed E-state index contributed by atoms with van der Waals surface area (Å²) in [5.41, 5.74) is 2.68. The number of hydrogen-bond acceptors (Lipinski definition) is 6. The Morgan fingerprint density at radius 1 is 1.25 bits per heavy atom. The number of amides is 1. The van der Waals surface area contributed by atoms with Gasteiger partial charge in [-0.1, -0.05) is 0 Å². The molecule has 1 saturated heterocycles. The molecular formula is C21H26N4O3. The van der Waals surface area contributed by atoms with Gasteiger partial charge in [0.2, 0.25) is 5.88 Å². The number of rotatable bonds is 5. The van der Waals surface area contributed by atoms with Gasteiger partial charge < -0.3 is 19.3 Å². The van der Waals surface area contributed by atoms with Gasteiger partial charge in [-0.3, -0.25) is 4.79 Å². The Kier molecular flexibility index (Phi) is 5.07. The number of anilines is 1. The second-order valence-electron chi connectivity index (χ2n) is 7.35. The first-order valence-electron chi connectivity index (χ1n) is 9.81. The predicted molar refractivity (Wildman–Crippen MR) is 106 cm³/mol. The summed E-state index contributed by atoms with van der Waals surface area (Å²) in [6.45, 7) is 6.92. The number of carbonyl (C=O) groups excluding carboxylic acids is 1. The minimum absolute atomic E-state index is 0.0632. The highest BCUT2D eigenvalue weighted by atomic mass is 16.5. The van der Waals surface area contributed by atoms with Crippen molar-refractivity contribution in [2.45, 2.75) is 39.3 Å². The van der Waals surface area contributed by atoms with E-state index in [1.54, 1.807) is 11.1 Å². The second kappa shape index (κ2) is 7.66. The van der Waals surface area contributed by atoms with E-state index < -0.39 is 0 Å². The number of hydrogen-bond donors (Lipinski definition) is 0. The van der Waals surface area contributed by atoms with E-state index in [0.717, 1.165) is 54.3 Å². The highest BCUT2D eigenvalue weighted by Crippen LogP contribution is 2.29. The standard InChI is InChI=1S/C21H26N4O3/c1-4-27-19-6-5-16(12-22-19)28-15-7-9-25(10-8-15)20-14(2)11-17-18(23-20)13-24(3)21(17)26/h5-6,11-12,15H,4,7-10,13H2,1-3H3. The van der Waals surface area contributed by atoms with E-state index in [9.17, 15) is 4.79 Å². The van der Waals surface area contributed by atoms with Gasteiger partial charge in [0.1, 0.15) is 17.7 Å². The number of aromatic nitrogens is 2. The molecule has 4 heterocycles. The Morgan fingerprint density at radius 3 is 2.71 bits per heavy atom. The smallest absolute Gasteiger partial charge is 0.255 e. The van der Waals surface area contributed by atoms with Crippen LogP contribution in [0.15, 0.2) is 24.4 Å². The van der Waals surface area contributed by atoms with Crippen molar-refractivity contribution in [1.82, 2.24) is 14.9 Å². The van der Waals surface area contributed by atoms with Gasteiger partial charge in [-0.25, -0.2) is 9.97 Å². The number of pyridine rings is 2. The molecule has 0 aliphatic carbocycles. The minimum Gasteiger partial charge on any atom is -0.489 e. The SMILES string of the molecule is CCOc1ccc(OC2CCN(c3nc4c(cc3C)C(=O)N(C)C4)CC2)cn1. The van der Waals surface area contributed by atoms with Gasteiger partial charge in [-0.2, -0.15) is 0 Å². The largest absolute Gasteiger partial charge is 0.489 e. The molecule has 4 rings (SSSR count). The molecule has 0 N–H and O–H groups in total. The maximum Gasteiger partial charge on any atom is 0.255 e. The fourth-order valence-electron chi connectivity index (χ4n) is 3.82. The fourth-order valence-corrected chi connectivity index (χ4v) is 3.82. The molecule has 2 aliphatic rings. The van der Waals surface area contributed by atoms with Crippen LogP contribution in [-0.2, 0) is 6.54 Å². The summed E-state index contributed by atoms with van der Waals surface area (Å²) in [5.74, 6) is 2.44. The molecule has 0 spiro atoms. The quantitative estimate of drug-likeness (QED) is 0.792. The molecule has 0 saturated carbocycles. The Morgan fingerprint density at radius 2 is 2.04 bits per heavy atom. The molecule has 0 bridgehead atoms. The summed E-state index contributed by atoms with van der Waals surface area (Å²) in [7, 11) is 1.82. The number of ether oxygens (including phenoxy) is 2. The van der Waals surface area contributed by atoms with Gasteiger partial charge in [0.05, 0.1) is 30.6 Å². The third-order valence-electron chi connectivity index (χ3n) is 5.28. The van der Waals surface area contributed by atoms with E-state index in [1.807, 2.05) is 39.1 Å². The van der Waals surface area contributed by atoms with Gasteiger partial charge >= 0.3 is 0 Å². The van der Waals surface area contributed by atoms with E-state index in [0.29, 0.717) is 19.0 Å². The van der Waals surface area contributed by atoms with Crippen LogP contribution < -0.4 is 14.4 Å². The summed E-state index contributed by atoms with van der Waals surface area (Å²) in [4.78, 5) is 25.2. The van der Waals surface area contributed by atoms with Crippen molar-refractivity contribution < 1.29 is 14.3 Å². The molecule has 7 heteroatoms. The maximum atomic E-state index is 12.2. The van der Waals surface area contributed by atoms with Crippen LogP contribution in [0.2, 0.25) is 0 Å². The first-order chi connectivity index (χ1) is 13.5. The molecule has 7 nitrogen and oxygen atoms in total. The van der Waals surface area contributed by atoms with Crippen LogP contribution >= 0.6 is 0 Å². The van der Waals surface area contributed by atoms with E-state index in [4.69, 9.17) is 14.5 Å². The zero-order valence-electron chi connectivity index (χ0n) is 16.6. The van der Waals surface area contributed by atoms with Gasteiger partial charge in [-0.15, -0.1) is 0 Å². The lowest BCUT2D eigenvalue weighted by atomic mass is 10.1. The third kappa shape index (κ3) is 3.61. The molecule has 1 fully saturated rings. The molecule has 148 valence electrons. The summed E-state index contributed by atoms with van der Waals surface area (Å²) < 4.78 is 11.5. The molecule has 2 aliphatic heterocycles. The van der Waals surface area contributed by atoms with Crippen molar-refractivity contribution in [3.8, 4) is 11.6 Å². The molecule has 0 aromatic carbocycles. The number of aryl methyl sites for hydroxylation is 1. The second-order valence-corrected chi connectivity index (χ2v) is 7.35. The minimum atomic E-state index is 0.0632. The Labute approximate surface area is 165 Å². The number of carbonyl (C=O) groups is 1. The van der Waals surface area contributed by atoms with Crippen molar-refractivity contribution in [3.05, 3.63) is 41.2 Å². The highest BCUT2D eigenvalue weighted by Gasteiger charge is 2.29. The van der Waals surface area contributed by atoms with Crippen LogP contribution in [0.5, 0.6) is 11.6 Å². The normalized spacial score (nSPS) is 17.0. The van der Waals surface area contributed by atoms with E-state index in [-0.39, 0.29) is 12.0 Å². The molecule has 0 unspecified atom stereocenters. The number of fused-ring (bicyclic) bond motifs is 1. The molecule has 0 radical (unpaired) electrons. The van der Waals surface area contributed by atoms with Crippen molar-refractivity contribution in [1.29, 1.82) is 0 Å². The van der Waals surface area contributed by atoms with E-state index in [2.05, 4.69) is 9.88 Å². The molecule has 2 aromatic heterocycles. The van der Waals surface area contributed by atoms with Crippen LogP contribution in [0.3, 0.4) is 0 Å². The molecule has 2 aromatic rings. The number of piperidine rings is 1. The average Bonchev–Trinajstić information content (AvgIpc) is 2.97. The van der Waals surface area contributed by atoms with E-state index in [1.165, 1.54) is 0 Å². The molecule has 1 amide bonds. The zero-order valence-corrected chi connectivity index (χ0v) is 16.6. The van der Waals surface area contributed by atoms with Crippen LogP contribution in [-0.4, -0.2) is 53.6 Å². The lowest BCUT2D eigenvalue weighted by Gasteiger charge is -2.33. The summed E-state index contributed by atoms with van der Waals surface area (Å²) in [5, 5.41) is 0. The highest BCUT2D eigenvalue weighted by molar-refractivity contribution is 5.98. The van der Waals surface area contributed by atoms with Gasteiger partial charge in [0.25, 0.3) is 5.91 Å². The fraction of sp³-hybridized carbons (Fsp3) is 0.476. The summed E-state index contributed by atoms with van der Waals surface area (Å²) in [6.07, 6.45) is 3.73. The van der Waals surface area contributed by atoms with Gasteiger partial charge in [-0.05, 0) is 31.5 Å². The molecular weight excluding hydrogens is 356 g/mol. The molecule has 0 atom stereocenters. The average molecular weight is 382 g/mol. The topological polar surface area (TPSA) is 67.8 Å². The van der Waals surface area contributed by atoms with Crippen LogP contribution in [0.1, 0.15) is 41.4 Å². The van der Waals surface area contributed by atoms with Crippen molar-refractivity contribution in [2.24, 2.45) is 0 Å². The monoisotopic (exact) mass is 382 g/mol. The Bertz CT molecular complexity index is 861. The summed E-state index contributed by atoms with van der Waals surface area (Å²) in [6, 6.07) is 5.73. The van der Waals surface area contributed by atoms with E-state index >= 15 is 0 Å². The van der Waals surface area contributed by atoms with Gasteiger partial charge in [0, 0.05) is 39.0 Å². The number of nitrogens with zero attached hydrogens (tertiary/aromatic N) is 4. The van der Waals surface area contributed by atoms with Crippen molar-refractivity contribution in [3.63, 3.8) is 0 Å². The van der Waals surface area contributed by atoms with Crippen LogP contribution in [0, 0.1) is 6.92 Å². The third-order valence-corrected chi connectivity index (χ3v) is 5.28.